The van der Waals surface area contributed by atoms with Crippen LogP contribution < -0.4 is 10.9 Å². The highest BCUT2D eigenvalue weighted by molar-refractivity contribution is 9.11. The van der Waals surface area contributed by atoms with Gasteiger partial charge in [-0.2, -0.15) is 0 Å². The number of benzene rings is 6. The third kappa shape index (κ3) is 14.4. The number of hydrogen-bond donors (Lipinski definition) is 0. The maximum absolute atomic E-state index is 6.04. The molecular formula is C69H84B2Br4O4. The molecule has 4 nitrogen and oxygen atoms in total. The van der Waals surface area contributed by atoms with Gasteiger partial charge < -0.3 is 18.6 Å². The average Bonchev–Trinajstić information content (AvgIpc) is 4.21. The Labute approximate surface area is 509 Å². The van der Waals surface area contributed by atoms with Crippen molar-refractivity contribution in [3.05, 3.63) is 160 Å². The zero-order valence-electron chi connectivity index (χ0n) is 47.8. The minimum atomic E-state index is -0.250. The maximum Gasteiger partial charge on any atom is 0.493 e. The molecule has 0 spiro atoms. The van der Waals surface area contributed by atoms with Crippen LogP contribution in [-0.4, -0.2) is 40.7 Å². The fourth-order valence-electron chi connectivity index (χ4n) is 13.5. The van der Waals surface area contributed by atoms with Crippen LogP contribution in [0.2, 0.25) is 0 Å². The second kappa shape index (κ2) is 29.6. The highest BCUT2D eigenvalue weighted by Gasteiger charge is 2.45. The van der Waals surface area contributed by atoms with E-state index in [0.717, 1.165) is 65.6 Å². The molecular weight excluding hydrogens is 1230 g/mol. The predicted molar refractivity (Wildman–Crippen MR) is 350 cm³/mol. The van der Waals surface area contributed by atoms with E-state index in [0.29, 0.717) is 0 Å². The molecule has 0 unspecified atom stereocenters. The molecule has 11 rings (SSSR count). The molecule has 6 aromatic carbocycles. The zero-order chi connectivity index (χ0) is 55.2. The first kappa shape index (κ1) is 60.8. The Morgan fingerprint density at radius 2 is 0.633 bits per heavy atom. The molecule has 79 heavy (non-hydrogen) atoms. The lowest BCUT2D eigenvalue weighted by molar-refractivity contribution is 0.143. The van der Waals surface area contributed by atoms with Crippen LogP contribution in [-0.2, 0) is 35.9 Å². The van der Waals surface area contributed by atoms with E-state index in [-0.39, 0.29) is 25.1 Å². The minimum Gasteiger partial charge on any atom is -0.407 e. The van der Waals surface area contributed by atoms with E-state index in [2.05, 4.69) is 201 Å². The molecule has 0 N–H and O–H groups in total. The summed E-state index contributed by atoms with van der Waals surface area (Å²) in [5.41, 5.74) is 19.8. The fraction of sp³-hybridized carbons (Fsp3) is 0.478. The first-order valence-corrected chi connectivity index (χ1v) is 33.7. The van der Waals surface area contributed by atoms with Crippen molar-refractivity contribution in [2.45, 2.75) is 186 Å². The second-order valence-electron chi connectivity index (χ2n) is 23.0. The summed E-state index contributed by atoms with van der Waals surface area (Å²) in [6.45, 7) is 12.3. The van der Waals surface area contributed by atoms with Crippen molar-refractivity contribution < 1.29 is 18.6 Å². The maximum atomic E-state index is 6.04. The molecule has 2 aliphatic heterocycles. The lowest BCUT2D eigenvalue weighted by atomic mass is 9.67. The van der Waals surface area contributed by atoms with E-state index in [1.54, 1.807) is 11.1 Å². The van der Waals surface area contributed by atoms with Crippen molar-refractivity contribution in [1.82, 2.24) is 0 Å². The van der Waals surface area contributed by atoms with Gasteiger partial charge in [-0.25, -0.2) is 0 Å². The van der Waals surface area contributed by atoms with Gasteiger partial charge in [0.05, 0.1) is 0 Å². The van der Waals surface area contributed by atoms with Crippen molar-refractivity contribution in [2.75, 3.05) is 26.4 Å². The highest BCUT2D eigenvalue weighted by Crippen LogP contribution is 2.56. The molecule has 2 heterocycles. The summed E-state index contributed by atoms with van der Waals surface area (Å²) in [6.07, 6.45) is 28.8. The Morgan fingerprint density at radius 3 is 0.962 bits per heavy atom. The smallest absolute Gasteiger partial charge is 0.407 e. The first-order chi connectivity index (χ1) is 38.6. The molecule has 0 bridgehead atoms. The summed E-state index contributed by atoms with van der Waals surface area (Å²) in [5, 5.41) is 0. The van der Waals surface area contributed by atoms with Crippen LogP contribution in [0.3, 0.4) is 0 Å². The lowest BCUT2D eigenvalue weighted by Gasteiger charge is -2.34. The van der Waals surface area contributed by atoms with Crippen LogP contribution >= 0.6 is 63.7 Å². The quantitative estimate of drug-likeness (QED) is 0.0501. The third-order valence-corrected chi connectivity index (χ3v) is 19.5. The van der Waals surface area contributed by atoms with Gasteiger partial charge in [0.15, 0.2) is 0 Å². The van der Waals surface area contributed by atoms with Crippen LogP contribution in [0.4, 0.5) is 0 Å². The molecule has 2 fully saturated rings. The standard InChI is InChI=1S/C31H44B2O4.C25H32Br2.C13H8Br2/c1-3-5-7-9-17-31(18-10-8-6-4-2)29-23-25(32-34-19-11-20-35-32)13-15-27(29)28-16-14-26(24-30(28)31)33-36-21-12-22-37-33;1-3-5-7-9-15-25(16-10-8-6-4-2)23-17-19(26)11-13-21(23)22-14-12-20(27)18-24(22)25;14-10-1-3-12-8(6-10)5-9-7-11(15)2-4-13(9)12/h13-16,23-24H,3-12,17-22H2,1-2H3;11-14,17-18H,3-10,15-16H2,1-2H3;1-4,6-7H,5H2. The van der Waals surface area contributed by atoms with Gasteiger partial charge >= 0.3 is 14.2 Å². The van der Waals surface area contributed by atoms with Gasteiger partial charge in [-0.1, -0.05) is 255 Å². The van der Waals surface area contributed by atoms with E-state index in [1.807, 2.05) is 0 Å². The lowest BCUT2D eigenvalue weighted by Crippen LogP contribution is -2.42. The average molecular weight is 1320 g/mol. The topological polar surface area (TPSA) is 36.9 Å². The summed E-state index contributed by atoms with van der Waals surface area (Å²) in [5.74, 6) is 0. The van der Waals surface area contributed by atoms with Gasteiger partial charge in [0, 0.05) is 55.1 Å². The van der Waals surface area contributed by atoms with Crippen LogP contribution in [0.25, 0.3) is 33.4 Å². The number of rotatable bonds is 22. The van der Waals surface area contributed by atoms with Crippen LogP contribution in [0.5, 0.6) is 0 Å². The Hall–Kier alpha value is -2.79. The number of fused-ring (bicyclic) bond motifs is 9. The Morgan fingerprint density at radius 1 is 0.342 bits per heavy atom. The van der Waals surface area contributed by atoms with Crippen molar-refractivity contribution in [1.29, 1.82) is 0 Å². The Bertz CT molecular complexity index is 2750. The molecule has 5 aliphatic rings. The molecule has 0 radical (unpaired) electrons. The monoisotopic (exact) mass is 1310 g/mol. The van der Waals surface area contributed by atoms with Gasteiger partial charge in [0.1, 0.15) is 0 Å². The van der Waals surface area contributed by atoms with E-state index >= 15 is 0 Å². The minimum absolute atomic E-state index is 0.0154. The summed E-state index contributed by atoms with van der Waals surface area (Å²) < 4.78 is 28.9. The molecule has 0 aromatic heterocycles. The van der Waals surface area contributed by atoms with Gasteiger partial charge in [-0.15, -0.1) is 0 Å². The molecule has 10 heteroatoms. The van der Waals surface area contributed by atoms with Gasteiger partial charge in [-0.05, 0) is 171 Å². The highest BCUT2D eigenvalue weighted by atomic mass is 79.9. The van der Waals surface area contributed by atoms with Crippen molar-refractivity contribution in [3.63, 3.8) is 0 Å². The van der Waals surface area contributed by atoms with E-state index in [9.17, 15) is 0 Å². The second-order valence-corrected chi connectivity index (χ2v) is 26.7. The van der Waals surface area contributed by atoms with Gasteiger partial charge in [0.25, 0.3) is 0 Å². The van der Waals surface area contributed by atoms with Crippen LogP contribution in [0.1, 0.15) is 202 Å². The number of unbranched alkanes of at least 4 members (excludes halogenated alkanes) is 12. The summed E-state index contributed by atoms with van der Waals surface area (Å²) >= 11 is 14.5. The molecule has 418 valence electrons. The SMILES string of the molecule is Brc1ccc2c(c1)Cc1cc(Br)ccc1-2.CCCCCCC1(CCCCCC)c2cc(B3OCCCO3)ccc2-c2ccc(B3OCCCO3)cc21.CCCCCCC1(CCCCCC)c2cc(Br)ccc2-c2ccc(Br)cc21. The van der Waals surface area contributed by atoms with Crippen LogP contribution in [0, 0.1) is 0 Å². The van der Waals surface area contributed by atoms with Gasteiger partial charge in [0.2, 0.25) is 0 Å². The normalized spacial score (nSPS) is 15.9. The van der Waals surface area contributed by atoms with Crippen molar-refractivity contribution in [2.24, 2.45) is 0 Å². The van der Waals surface area contributed by atoms with E-state index in [4.69, 9.17) is 18.6 Å². The molecule has 0 amide bonds. The Kier molecular flexibility index (Phi) is 22.8. The molecule has 6 aromatic rings. The van der Waals surface area contributed by atoms with Crippen LogP contribution in [0.15, 0.2) is 127 Å². The summed E-state index contributed by atoms with van der Waals surface area (Å²) in [7, 11) is -0.500. The third-order valence-electron chi connectivity index (χ3n) is 17.5. The summed E-state index contributed by atoms with van der Waals surface area (Å²) in [6, 6.07) is 40.9. The number of hydrogen-bond acceptors (Lipinski definition) is 4. The van der Waals surface area contributed by atoms with Gasteiger partial charge in [-0.3, -0.25) is 0 Å². The molecule has 3 aliphatic carbocycles. The fourth-order valence-corrected chi connectivity index (χ4v) is 15.1. The van der Waals surface area contributed by atoms with E-state index < -0.39 is 0 Å². The predicted octanol–water partition coefficient (Wildman–Crippen LogP) is 20.4. The van der Waals surface area contributed by atoms with Crippen molar-refractivity contribution in [3.8, 4) is 33.4 Å². The molecule has 0 atom stereocenters. The molecule has 0 saturated carbocycles. The first-order valence-electron chi connectivity index (χ1n) is 30.6. The largest absolute Gasteiger partial charge is 0.493 e. The van der Waals surface area contributed by atoms with Crippen molar-refractivity contribution >= 4 is 88.9 Å². The Balaban J connectivity index is 0.000000157. The number of halogens is 4. The zero-order valence-corrected chi connectivity index (χ0v) is 54.1. The van der Waals surface area contributed by atoms with E-state index in [1.165, 1.54) is 193 Å². The summed E-state index contributed by atoms with van der Waals surface area (Å²) in [4.78, 5) is 0. The molecule has 2 saturated heterocycles.